The number of rotatable bonds is 6. The largest absolute Gasteiger partial charge is 0.334 e. The second-order valence-corrected chi connectivity index (χ2v) is 9.83. The highest BCUT2D eigenvalue weighted by Crippen LogP contribution is 2.30. The number of hydrogen-bond donors (Lipinski definition) is 2. The number of carbonyl (C=O) groups is 1. The maximum Gasteiger partial charge on any atom is 0.315 e. The van der Waals surface area contributed by atoms with Gasteiger partial charge in [0.15, 0.2) is 11.0 Å². The fraction of sp³-hybridized carbons (Fsp3) is 0.348. The lowest BCUT2D eigenvalue weighted by atomic mass is 10.1. The molecule has 0 fully saturated rings. The van der Waals surface area contributed by atoms with E-state index in [9.17, 15) is 4.79 Å². The summed E-state index contributed by atoms with van der Waals surface area (Å²) in [4.78, 5) is 12.4. The standard InChI is InChI=1S/C23H28ClN5OS/c1-15-11-12-18(24)13-19(15)29-20(16(2)25-21(30)26-23(3,4)5)27-28-22(29)31-14-17-9-7-6-8-10-17/h6-13,16H,14H2,1-5H3,(H2,25,26,30). The fourth-order valence-electron chi connectivity index (χ4n) is 3.06. The van der Waals surface area contributed by atoms with E-state index in [4.69, 9.17) is 11.6 Å². The highest BCUT2D eigenvalue weighted by molar-refractivity contribution is 7.98. The van der Waals surface area contributed by atoms with Crippen LogP contribution in [0.2, 0.25) is 5.02 Å². The molecular weight excluding hydrogens is 430 g/mol. The molecule has 0 bridgehead atoms. The van der Waals surface area contributed by atoms with Gasteiger partial charge in [0.05, 0.1) is 11.7 Å². The van der Waals surface area contributed by atoms with Crippen molar-refractivity contribution in [1.82, 2.24) is 25.4 Å². The molecule has 3 aromatic rings. The van der Waals surface area contributed by atoms with Gasteiger partial charge in [-0.25, -0.2) is 4.79 Å². The van der Waals surface area contributed by atoms with E-state index >= 15 is 0 Å². The Morgan fingerprint density at radius 1 is 1.16 bits per heavy atom. The summed E-state index contributed by atoms with van der Waals surface area (Å²) in [6.07, 6.45) is 0. The highest BCUT2D eigenvalue weighted by Gasteiger charge is 2.23. The summed E-state index contributed by atoms with van der Waals surface area (Å²) in [5.41, 5.74) is 2.80. The molecule has 0 radical (unpaired) electrons. The van der Waals surface area contributed by atoms with E-state index in [2.05, 4.69) is 33.0 Å². The van der Waals surface area contributed by atoms with E-state index in [1.807, 2.05) is 75.6 Å². The number of thioether (sulfide) groups is 1. The van der Waals surface area contributed by atoms with Crippen LogP contribution in [0.4, 0.5) is 4.79 Å². The molecule has 31 heavy (non-hydrogen) atoms. The Morgan fingerprint density at radius 3 is 2.55 bits per heavy atom. The van der Waals surface area contributed by atoms with Crippen LogP contribution in [0, 0.1) is 6.92 Å². The first kappa shape index (κ1) is 23.2. The second-order valence-electron chi connectivity index (χ2n) is 8.45. The average molecular weight is 458 g/mol. The summed E-state index contributed by atoms with van der Waals surface area (Å²) >= 11 is 7.90. The van der Waals surface area contributed by atoms with Crippen LogP contribution in [-0.4, -0.2) is 26.3 Å². The number of nitrogens with one attached hydrogen (secondary N) is 2. The number of amides is 2. The quantitative estimate of drug-likeness (QED) is 0.467. The Hall–Kier alpha value is -2.51. The summed E-state index contributed by atoms with van der Waals surface area (Å²) in [6.45, 7) is 9.73. The van der Waals surface area contributed by atoms with Gasteiger partial charge in [0.1, 0.15) is 0 Å². The van der Waals surface area contributed by atoms with Gasteiger partial charge < -0.3 is 10.6 Å². The molecule has 0 aliphatic carbocycles. The molecule has 1 aromatic heterocycles. The SMILES string of the molecule is Cc1ccc(Cl)cc1-n1c(SCc2ccccc2)nnc1C(C)NC(=O)NC(C)(C)C. The maximum atomic E-state index is 12.4. The van der Waals surface area contributed by atoms with Gasteiger partial charge in [-0.3, -0.25) is 4.57 Å². The van der Waals surface area contributed by atoms with Crippen LogP contribution in [-0.2, 0) is 5.75 Å². The predicted molar refractivity (Wildman–Crippen MR) is 127 cm³/mol. The Balaban J connectivity index is 1.94. The monoisotopic (exact) mass is 457 g/mol. The molecule has 0 aliphatic rings. The average Bonchev–Trinajstić information content (AvgIpc) is 3.11. The molecule has 6 nitrogen and oxygen atoms in total. The molecule has 164 valence electrons. The molecule has 1 unspecified atom stereocenters. The highest BCUT2D eigenvalue weighted by atomic mass is 35.5. The van der Waals surface area contributed by atoms with Crippen LogP contribution in [0.1, 0.15) is 50.7 Å². The molecule has 2 amide bonds. The summed E-state index contributed by atoms with van der Waals surface area (Å²) in [5, 5.41) is 16.1. The first-order chi connectivity index (χ1) is 14.6. The first-order valence-corrected chi connectivity index (χ1v) is 11.5. The summed E-state index contributed by atoms with van der Waals surface area (Å²) in [7, 11) is 0. The van der Waals surface area contributed by atoms with Crippen molar-refractivity contribution in [3.63, 3.8) is 0 Å². The summed E-state index contributed by atoms with van der Waals surface area (Å²) < 4.78 is 1.98. The van der Waals surface area contributed by atoms with Crippen LogP contribution in [0.15, 0.2) is 53.7 Å². The van der Waals surface area contributed by atoms with Gasteiger partial charge in [-0.15, -0.1) is 10.2 Å². The zero-order chi connectivity index (χ0) is 22.6. The lowest BCUT2D eigenvalue weighted by Gasteiger charge is -2.23. The van der Waals surface area contributed by atoms with Gasteiger partial charge in [-0.2, -0.15) is 0 Å². The Labute approximate surface area is 192 Å². The van der Waals surface area contributed by atoms with Crippen LogP contribution >= 0.6 is 23.4 Å². The van der Waals surface area contributed by atoms with E-state index in [-0.39, 0.29) is 17.6 Å². The maximum absolute atomic E-state index is 12.4. The van der Waals surface area contributed by atoms with Crippen LogP contribution in [0.5, 0.6) is 0 Å². The number of urea groups is 1. The summed E-state index contributed by atoms with van der Waals surface area (Å²) in [5.74, 6) is 1.40. The van der Waals surface area contributed by atoms with Crippen LogP contribution in [0.3, 0.4) is 0 Å². The normalized spacial score (nSPS) is 12.5. The molecule has 3 rings (SSSR count). The Morgan fingerprint density at radius 2 is 1.87 bits per heavy atom. The first-order valence-electron chi connectivity index (χ1n) is 10.1. The third-order valence-electron chi connectivity index (χ3n) is 4.50. The minimum absolute atomic E-state index is 0.254. The zero-order valence-electron chi connectivity index (χ0n) is 18.4. The third-order valence-corrected chi connectivity index (χ3v) is 5.74. The zero-order valence-corrected chi connectivity index (χ0v) is 20.0. The van der Waals surface area contributed by atoms with Gasteiger partial charge in [0, 0.05) is 16.3 Å². The number of hydrogen-bond acceptors (Lipinski definition) is 4. The van der Waals surface area contributed by atoms with E-state index in [0.29, 0.717) is 10.8 Å². The molecular formula is C23H28ClN5OS. The van der Waals surface area contributed by atoms with Crippen molar-refractivity contribution in [2.24, 2.45) is 0 Å². The minimum Gasteiger partial charge on any atom is -0.334 e. The summed E-state index contributed by atoms with van der Waals surface area (Å²) in [6, 6.07) is 15.3. The van der Waals surface area contributed by atoms with Crippen molar-refractivity contribution in [3.8, 4) is 5.69 Å². The number of nitrogens with zero attached hydrogens (tertiary/aromatic N) is 3. The van der Waals surface area contributed by atoms with E-state index in [1.165, 1.54) is 5.56 Å². The van der Waals surface area contributed by atoms with E-state index in [1.54, 1.807) is 11.8 Å². The van der Waals surface area contributed by atoms with Gasteiger partial charge in [-0.05, 0) is 57.9 Å². The molecule has 0 saturated carbocycles. The fourth-order valence-corrected chi connectivity index (χ4v) is 4.14. The van der Waals surface area contributed by atoms with Crippen molar-refractivity contribution in [1.29, 1.82) is 0 Å². The molecule has 0 aliphatic heterocycles. The van der Waals surface area contributed by atoms with E-state index < -0.39 is 0 Å². The molecule has 1 atom stereocenters. The van der Waals surface area contributed by atoms with Crippen molar-refractivity contribution < 1.29 is 4.79 Å². The number of aromatic nitrogens is 3. The van der Waals surface area contributed by atoms with Crippen molar-refractivity contribution in [2.45, 2.75) is 57.1 Å². The Kier molecular flexibility index (Phi) is 7.28. The Bertz CT molecular complexity index is 1050. The number of carbonyl (C=O) groups excluding carboxylic acids is 1. The number of halogens is 1. The van der Waals surface area contributed by atoms with E-state index in [0.717, 1.165) is 22.2 Å². The van der Waals surface area contributed by atoms with Crippen molar-refractivity contribution >= 4 is 29.4 Å². The third kappa shape index (κ3) is 6.24. The lowest BCUT2D eigenvalue weighted by Crippen LogP contribution is -2.47. The molecule has 1 heterocycles. The van der Waals surface area contributed by atoms with Gasteiger partial charge in [-0.1, -0.05) is 59.8 Å². The van der Waals surface area contributed by atoms with Gasteiger partial charge in [0.2, 0.25) is 0 Å². The van der Waals surface area contributed by atoms with Gasteiger partial charge >= 0.3 is 6.03 Å². The van der Waals surface area contributed by atoms with Crippen LogP contribution < -0.4 is 10.6 Å². The minimum atomic E-state index is -0.362. The predicted octanol–water partition coefficient (Wildman–Crippen LogP) is 5.68. The second kappa shape index (κ2) is 9.75. The van der Waals surface area contributed by atoms with Crippen molar-refractivity contribution in [2.75, 3.05) is 0 Å². The lowest BCUT2D eigenvalue weighted by molar-refractivity contribution is 0.228. The molecule has 2 N–H and O–H groups in total. The molecule has 0 spiro atoms. The van der Waals surface area contributed by atoms with Crippen LogP contribution in [0.25, 0.3) is 5.69 Å². The smallest absolute Gasteiger partial charge is 0.315 e. The molecule has 0 saturated heterocycles. The van der Waals surface area contributed by atoms with Crippen molar-refractivity contribution in [3.05, 3.63) is 70.5 Å². The molecule has 2 aromatic carbocycles. The topological polar surface area (TPSA) is 71.8 Å². The number of aryl methyl sites for hydroxylation is 1. The van der Waals surface area contributed by atoms with Gasteiger partial charge in [0.25, 0.3) is 0 Å². The molecule has 8 heteroatoms. The number of benzene rings is 2.